The van der Waals surface area contributed by atoms with Gasteiger partial charge in [0.1, 0.15) is 18.4 Å². The Hall–Kier alpha value is -2.29. The molecule has 20 heavy (non-hydrogen) atoms. The molecule has 0 aliphatic heterocycles. The first kappa shape index (κ1) is 14.1. The molecular weight excluding hydrogens is 256 g/mol. The quantitative estimate of drug-likeness (QED) is 0.807. The van der Waals surface area contributed by atoms with Gasteiger partial charge in [0, 0.05) is 6.54 Å². The van der Waals surface area contributed by atoms with Crippen molar-refractivity contribution in [2.24, 2.45) is 0 Å². The molecule has 5 nitrogen and oxygen atoms in total. The fourth-order valence-electron chi connectivity index (χ4n) is 1.71. The molecule has 2 aromatic rings. The van der Waals surface area contributed by atoms with Crippen molar-refractivity contribution >= 4 is 5.69 Å². The minimum absolute atomic E-state index is 0.197. The highest BCUT2D eigenvalue weighted by molar-refractivity contribution is 5.57. The molecule has 1 aromatic carbocycles. The number of nitrogens with zero attached hydrogens (tertiary/aromatic N) is 1. The first-order valence-electron chi connectivity index (χ1n) is 6.31. The number of hydrogen-bond acceptors (Lipinski definition) is 5. The van der Waals surface area contributed by atoms with Gasteiger partial charge in [-0.2, -0.15) is 5.26 Å². The molecule has 0 fully saturated rings. The van der Waals surface area contributed by atoms with Crippen LogP contribution in [0.1, 0.15) is 11.3 Å². The van der Waals surface area contributed by atoms with Gasteiger partial charge in [-0.1, -0.05) is 12.1 Å². The normalized spacial score (nSPS) is 11.8. The van der Waals surface area contributed by atoms with Gasteiger partial charge in [0.2, 0.25) is 0 Å². The van der Waals surface area contributed by atoms with E-state index in [2.05, 4.69) is 11.4 Å². The second-order valence-electron chi connectivity index (χ2n) is 4.29. The fraction of sp³-hybridized carbons (Fsp3) is 0.267. The number of aliphatic hydroxyl groups excluding tert-OH is 1. The van der Waals surface area contributed by atoms with E-state index in [1.165, 1.54) is 0 Å². The van der Waals surface area contributed by atoms with Gasteiger partial charge in [-0.25, -0.2) is 0 Å². The molecule has 0 spiro atoms. The first-order chi connectivity index (χ1) is 9.79. The Morgan fingerprint density at radius 3 is 2.90 bits per heavy atom. The summed E-state index contributed by atoms with van der Waals surface area (Å²) in [6.45, 7) is 0.845. The molecule has 1 heterocycles. The van der Waals surface area contributed by atoms with Crippen molar-refractivity contribution in [3.63, 3.8) is 0 Å². The summed E-state index contributed by atoms with van der Waals surface area (Å²) < 4.78 is 10.5. The first-order valence-corrected chi connectivity index (χ1v) is 6.31. The lowest BCUT2D eigenvalue weighted by atomic mass is 10.2. The molecule has 0 aliphatic carbocycles. The van der Waals surface area contributed by atoms with Gasteiger partial charge in [0.25, 0.3) is 0 Å². The number of aliphatic hydroxyl groups is 1. The van der Waals surface area contributed by atoms with E-state index < -0.39 is 6.10 Å². The van der Waals surface area contributed by atoms with Crippen LogP contribution in [0.3, 0.4) is 0 Å². The van der Waals surface area contributed by atoms with E-state index >= 15 is 0 Å². The van der Waals surface area contributed by atoms with Crippen molar-refractivity contribution < 1.29 is 14.3 Å². The summed E-state index contributed by atoms with van der Waals surface area (Å²) in [6.07, 6.45) is 0.923. The molecule has 1 unspecified atom stereocenters. The third-order valence-electron chi connectivity index (χ3n) is 2.71. The topological polar surface area (TPSA) is 78.4 Å². The Labute approximate surface area is 117 Å². The molecule has 1 atom stereocenters. The third kappa shape index (κ3) is 4.12. The summed E-state index contributed by atoms with van der Waals surface area (Å²) >= 11 is 0. The average molecular weight is 272 g/mol. The predicted molar refractivity (Wildman–Crippen MR) is 74.0 cm³/mol. The van der Waals surface area contributed by atoms with Crippen LogP contribution < -0.4 is 5.32 Å². The van der Waals surface area contributed by atoms with Crippen molar-refractivity contribution in [2.75, 3.05) is 18.5 Å². The molecule has 0 radical (unpaired) electrons. The van der Waals surface area contributed by atoms with E-state index in [0.29, 0.717) is 24.4 Å². The summed E-state index contributed by atoms with van der Waals surface area (Å²) in [5.41, 5.74) is 1.26. The summed E-state index contributed by atoms with van der Waals surface area (Å²) in [5, 5.41) is 21.8. The molecule has 2 rings (SSSR count). The van der Waals surface area contributed by atoms with E-state index in [1.54, 1.807) is 30.5 Å². The van der Waals surface area contributed by atoms with Gasteiger partial charge < -0.3 is 19.6 Å². The number of benzene rings is 1. The van der Waals surface area contributed by atoms with Crippen molar-refractivity contribution in [3.8, 4) is 6.07 Å². The third-order valence-corrected chi connectivity index (χ3v) is 2.71. The number of nitriles is 1. The zero-order valence-electron chi connectivity index (χ0n) is 11.0. The molecule has 0 amide bonds. The van der Waals surface area contributed by atoms with Crippen LogP contribution in [0.2, 0.25) is 0 Å². The average Bonchev–Trinajstić information content (AvgIpc) is 2.98. The minimum Gasteiger partial charge on any atom is -0.467 e. The van der Waals surface area contributed by atoms with Gasteiger partial charge in [-0.15, -0.1) is 0 Å². The SMILES string of the molecule is N#Cc1ccccc1NCC(O)COCc1ccco1. The predicted octanol–water partition coefficient (Wildman–Crippen LogP) is 2.14. The summed E-state index contributed by atoms with van der Waals surface area (Å²) in [7, 11) is 0. The highest BCUT2D eigenvalue weighted by atomic mass is 16.5. The van der Waals surface area contributed by atoms with Crippen LogP contribution >= 0.6 is 0 Å². The Morgan fingerprint density at radius 1 is 1.30 bits per heavy atom. The van der Waals surface area contributed by atoms with Crippen LogP contribution in [0, 0.1) is 11.3 Å². The van der Waals surface area contributed by atoms with Crippen molar-refractivity contribution in [2.45, 2.75) is 12.7 Å². The van der Waals surface area contributed by atoms with Gasteiger partial charge in [-0.05, 0) is 24.3 Å². The maximum atomic E-state index is 9.80. The Bertz CT molecular complexity index is 561. The minimum atomic E-state index is -0.656. The van der Waals surface area contributed by atoms with E-state index in [0.717, 1.165) is 5.76 Å². The summed E-state index contributed by atoms with van der Waals surface area (Å²) in [6, 6.07) is 12.9. The summed E-state index contributed by atoms with van der Waals surface area (Å²) in [4.78, 5) is 0. The summed E-state index contributed by atoms with van der Waals surface area (Å²) in [5.74, 6) is 0.722. The lowest BCUT2D eigenvalue weighted by molar-refractivity contribution is 0.0282. The number of anilines is 1. The van der Waals surface area contributed by atoms with Gasteiger partial charge >= 0.3 is 0 Å². The lowest BCUT2D eigenvalue weighted by Crippen LogP contribution is -2.25. The number of para-hydroxylation sites is 1. The van der Waals surface area contributed by atoms with Crippen molar-refractivity contribution in [3.05, 3.63) is 54.0 Å². The number of rotatable bonds is 7. The zero-order chi connectivity index (χ0) is 14.2. The van der Waals surface area contributed by atoms with Crippen LogP contribution in [0.4, 0.5) is 5.69 Å². The van der Waals surface area contributed by atoms with Gasteiger partial charge in [0.15, 0.2) is 0 Å². The monoisotopic (exact) mass is 272 g/mol. The maximum absolute atomic E-state index is 9.80. The highest BCUT2D eigenvalue weighted by Gasteiger charge is 2.07. The van der Waals surface area contributed by atoms with E-state index in [1.807, 2.05) is 12.1 Å². The van der Waals surface area contributed by atoms with Crippen LogP contribution in [0.15, 0.2) is 47.1 Å². The molecule has 1 aromatic heterocycles. The molecule has 0 bridgehead atoms. The molecule has 0 saturated heterocycles. The fourth-order valence-corrected chi connectivity index (χ4v) is 1.71. The number of furan rings is 1. The molecule has 2 N–H and O–H groups in total. The standard InChI is InChI=1S/C15H16N2O3/c16-8-12-4-1-2-6-15(12)17-9-13(18)10-19-11-14-5-3-7-20-14/h1-7,13,17-18H,9-11H2. The van der Waals surface area contributed by atoms with E-state index in [9.17, 15) is 5.11 Å². The Kier molecular flexibility index (Phi) is 5.18. The van der Waals surface area contributed by atoms with Crippen molar-refractivity contribution in [1.29, 1.82) is 5.26 Å². The molecular formula is C15H16N2O3. The molecule has 0 saturated carbocycles. The largest absolute Gasteiger partial charge is 0.467 e. The number of hydrogen-bond donors (Lipinski definition) is 2. The Balaban J connectivity index is 1.72. The zero-order valence-corrected chi connectivity index (χ0v) is 11.0. The van der Waals surface area contributed by atoms with Crippen LogP contribution in [0.5, 0.6) is 0 Å². The van der Waals surface area contributed by atoms with Crippen molar-refractivity contribution in [1.82, 2.24) is 0 Å². The van der Waals surface area contributed by atoms with Crippen LogP contribution in [-0.2, 0) is 11.3 Å². The maximum Gasteiger partial charge on any atom is 0.129 e. The van der Waals surface area contributed by atoms with Crippen LogP contribution in [0.25, 0.3) is 0 Å². The second kappa shape index (κ2) is 7.34. The lowest BCUT2D eigenvalue weighted by Gasteiger charge is -2.13. The Morgan fingerprint density at radius 2 is 2.15 bits per heavy atom. The van der Waals surface area contributed by atoms with Gasteiger partial charge in [-0.3, -0.25) is 0 Å². The van der Waals surface area contributed by atoms with Crippen LogP contribution in [-0.4, -0.2) is 24.4 Å². The smallest absolute Gasteiger partial charge is 0.129 e. The van der Waals surface area contributed by atoms with E-state index in [4.69, 9.17) is 14.4 Å². The van der Waals surface area contributed by atoms with Gasteiger partial charge in [0.05, 0.1) is 30.2 Å². The highest BCUT2D eigenvalue weighted by Crippen LogP contribution is 2.13. The molecule has 5 heteroatoms. The molecule has 104 valence electrons. The number of nitrogens with one attached hydrogen (secondary N) is 1. The number of ether oxygens (including phenoxy) is 1. The second-order valence-corrected chi connectivity index (χ2v) is 4.29. The molecule has 0 aliphatic rings. The van der Waals surface area contributed by atoms with E-state index in [-0.39, 0.29) is 6.61 Å².